The number of rotatable bonds is 6. The fourth-order valence-electron chi connectivity index (χ4n) is 3.82. The van der Waals surface area contributed by atoms with Crippen LogP contribution in [0, 0.1) is 5.92 Å². The Labute approximate surface area is 114 Å². The van der Waals surface area contributed by atoms with Crippen molar-refractivity contribution in [3.05, 3.63) is 0 Å². The first-order valence-electron chi connectivity index (χ1n) is 8.31. The molecule has 2 unspecified atom stereocenters. The van der Waals surface area contributed by atoms with Gasteiger partial charge in [0.2, 0.25) is 0 Å². The summed E-state index contributed by atoms with van der Waals surface area (Å²) in [7, 11) is 0. The van der Waals surface area contributed by atoms with Crippen molar-refractivity contribution in [3.63, 3.8) is 0 Å². The van der Waals surface area contributed by atoms with Crippen LogP contribution in [-0.2, 0) is 0 Å². The summed E-state index contributed by atoms with van der Waals surface area (Å²) < 4.78 is 0. The van der Waals surface area contributed by atoms with Gasteiger partial charge in [0.1, 0.15) is 0 Å². The van der Waals surface area contributed by atoms with Gasteiger partial charge in [-0.15, -0.1) is 0 Å². The number of nitrogens with one attached hydrogen (secondary N) is 1. The molecular weight excluding hydrogens is 220 g/mol. The van der Waals surface area contributed by atoms with Gasteiger partial charge < -0.3 is 5.32 Å². The molecule has 0 bridgehead atoms. The molecule has 1 heterocycles. The minimum Gasteiger partial charge on any atom is -0.314 e. The highest BCUT2D eigenvalue weighted by Crippen LogP contribution is 2.30. The van der Waals surface area contributed by atoms with Gasteiger partial charge in [0.05, 0.1) is 0 Å². The second-order valence-corrected chi connectivity index (χ2v) is 6.37. The molecule has 2 aliphatic rings. The zero-order valence-electron chi connectivity index (χ0n) is 12.5. The maximum atomic E-state index is 3.44. The molecule has 0 aromatic carbocycles. The fraction of sp³-hybridized carbons (Fsp3) is 1.00. The lowest BCUT2D eigenvalue weighted by Crippen LogP contribution is -2.60. The van der Waals surface area contributed by atoms with Crippen LogP contribution in [0.5, 0.6) is 0 Å². The summed E-state index contributed by atoms with van der Waals surface area (Å²) >= 11 is 0. The largest absolute Gasteiger partial charge is 0.314 e. The zero-order valence-corrected chi connectivity index (χ0v) is 12.5. The predicted molar refractivity (Wildman–Crippen MR) is 78.9 cm³/mol. The molecule has 18 heavy (non-hydrogen) atoms. The second kappa shape index (κ2) is 7.49. The van der Waals surface area contributed by atoms with Crippen LogP contribution >= 0.6 is 0 Å². The Balaban J connectivity index is 1.85. The minimum absolute atomic E-state index is 0.845. The molecule has 1 saturated heterocycles. The SMILES string of the molecule is CCCC1CCCC(N(CCC)C2CNC2)CC1. The monoisotopic (exact) mass is 252 g/mol. The lowest BCUT2D eigenvalue weighted by Gasteiger charge is -2.43. The number of nitrogens with zero attached hydrogens (tertiary/aromatic N) is 1. The van der Waals surface area contributed by atoms with Crippen LogP contribution in [0.2, 0.25) is 0 Å². The summed E-state index contributed by atoms with van der Waals surface area (Å²) in [5.41, 5.74) is 0. The summed E-state index contributed by atoms with van der Waals surface area (Å²) in [6, 6.07) is 1.73. The van der Waals surface area contributed by atoms with Crippen molar-refractivity contribution >= 4 is 0 Å². The molecule has 1 aliphatic carbocycles. The molecule has 2 atom stereocenters. The van der Waals surface area contributed by atoms with Gasteiger partial charge in [0.25, 0.3) is 0 Å². The van der Waals surface area contributed by atoms with Gasteiger partial charge in [-0.05, 0) is 38.1 Å². The van der Waals surface area contributed by atoms with Crippen LogP contribution in [-0.4, -0.2) is 36.6 Å². The van der Waals surface area contributed by atoms with Crippen LogP contribution in [0.1, 0.15) is 65.2 Å². The Hall–Kier alpha value is -0.0800. The highest BCUT2D eigenvalue weighted by molar-refractivity contribution is 4.89. The molecule has 1 aliphatic heterocycles. The van der Waals surface area contributed by atoms with E-state index in [2.05, 4.69) is 24.1 Å². The minimum atomic E-state index is 0.845. The van der Waals surface area contributed by atoms with Crippen LogP contribution in [0.25, 0.3) is 0 Å². The number of hydrogen-bond acceptors (Lipinski definition) is 2. The van der Waals surface area contributed by atoms with E-state index in [0.717, 1.165) is 18.0 Å². The lowest BCUT2D eigenvalue weighted by atomic mass is 9.95. The molecule has 2 nitrogen and oxygen atoms in total. The third-order valence-electron chi connectivity index (χ3n) is 4.93. The van der Waals surface area contributed by atoms with Crippen molar-refractivity contribution in [3.8, 4) is 0 Å². The summed E-state index contributed by atoms with van der Waals surface area (Å²) in [6.45, 7) is 8.45. The predicted octanol–water partition coefficient (Wildman–Crippen LogP) is 3.42. The zero-order chi connectivity index (χ0) is 12.8. The molecule has 0 aromatic rings. The Morgan fingerprint density at radius 3 is 2.39 bits per heavy atom. The second-order valence-electron chi connectivity index (χ2n) is 6.37. The molecule has 2 rings (SSSR count). The molecule has 0 amide bonds. The Kier molecular flexibility index (Phi) is 5.97. The normalized spacial score (nSPS) is 30.2. The van der Waals surface area contributed by atoms with E-state index >= 15 is 0 Å². The molecule has 106 valence electrons. The average molecular weight is 252 g/mol. The van der Waals surface area contributed by atoms with E-state index in [0.29, 0.717) is 0 Å². The van der Waals surface area contributed by atoms with Gasteiger partial charge in [0, 0.05) is 25.2 Å². The van der Waals surface area contributed by atoms with E-state index in [9.17, 15) is 0 Å². The average Bonchev–Trinajstić information content (AvgIpc) is 2.52. The Morgan fingerprint density at radius 1 is 0.944 bits per heavy atom. The molecule has 0 radical (unpaired) electrons. The van der Waals surface area contributed by atoms with E-state index in [1.54, 1.807) is 0 Å². The summed E-state index contributed by atoms with van der Waals surface area (Å²) in [5.74, 6) is 1.03. The van der Waals surface area contributed by atoms with E-state index in [1.165, 1.54) is 71.0 Å². The molecule has 2 fully saturated rings. The van der Waals surface area contributed by atoms with E-state index in [1.807, 2.05) is 0 Å². The van der Waals surface area contributed by atoms with Crippen molar-refractivity contribution < 1.29 is 0 Å². The van der Waals surface area contributed by atoms with Gasteiger partial charge in [-0.25, -0.2) is 0 Å². The fourth-order valence-corrected chi connectivity index (χ4v) is 3.82. The van der Waals surface area contributed by atoms with Crippen LogP contribution in [0.15, 0.2) is 0 Å². The molecular formula is C16H32N2. The first-order chi connectivity index (χ1) is 8.85. The van der Waals surface area contributed by atoms with E-state index < -0.39 is 0 Å². The number of hydrogen-bond donors (Lipinski definition) is 1. The third kappa shape index (κ3) is 3.71. The van der Waals surface area contributed by atoms with Crippen molar-refractivity contribution in [2.45, 2.75) is 77.3 Å². The van der Waals surface area contributed by atoms with Gasteiger partial charge in [0.15, 0.2) is 0 Å². The van der Waals surface area contributed by atoms with Crippen LogP contribution in [0.3, 0.4) is 0 Å². The van der Waals surface area contributed by atoms with Gasteiger partial charge in [-0.3, -0.25) is 4.90 Å². The maximum Gasteiger partial charge on any atom is 0.0348 e. The topological polar surface area (TPSA) is 15.3 Å². The standard InChI is InChI=1S/C16H32N2/c1-3-6-14-7-5-8-15(10-9-14)18(11-4-2)16-12-17-13-16/h14-17H,3-13H2,1-2H3. The van der Waals surface area contributed by atoms with Crippen LogP contribution < -0.4 is 5.32 Å². The van der Waals surface area contributed by atoms with Crippen molar-refractivity contribution in [1.82, 2.24) is 10.2 Å². The Bertz CT molecular complexity index is 225. The lowest BCUT2D eigenvalue weighted by molar-refractivity contribution is 0.0849. The van der Waals surface area contributed by atoms with Gasteiger partial charge in [-0.2, -0.15) is 0 Å². The van der Waals surface area contributed by atoms with Crippen molar-refractivity contribution in [2.75, 3.05) is 19.6 Å². The van der Waals surface area contributed by atoms with E-state index in [4.69, 9.17) is 0 Å². The smallest absolute Gasteiger partial charge is 0.0348 e. The molecule has 2 heteroatoms. The molecule has 1 N–H and O–H groups in total. The molecule has 0 spiro atoms. The third-order valence-corrected chi connectivity index (χ3v) is 4.93. The summed E-state index contributed by atoms with van der Waals surface area (Å²) in [6.07, 6.45) is 11.5. The Morgan fingerprint density at radius 2 is 1.78 bits per heavy atom. The summed E-state index contributed by atoms with van der Waals surface area (Å²) in [5, 5.41) is 3.44. The van der Waals surface area contributed by atoms with Crippen molar-refractivity contribution in [2.24, 2.45) is 5.92 Å². The van der Waals surface area contributed by atoms with Gasteiger partial charge in [-0.1, -0.05) is 39.5 Å². The van der Waals surface area contributed by atoms with Crippen LogP contribution in [0.4, 0.5) is 0 Å². The van der Waals surface area contributed by atoms with Gasteiger partial charge >= 0.3 is 0 Å². The molecule has 1 saturated carbocycles. The summed E-state index contributed by atoms with van der Waals surface area (Å²) in [4.78, 5) is 2.84. The highest BCUT2D eigenvalue weighted by Gasteiger charge is 2.30. The van der Waals surface area contributed by atoms with E-state index in [-0.39, 0.29) is 0 Å². The first-order valence-corrected chi connectivity index (χ1v) is 8.31. The van der Waals surface area contributed by atoms with Crippen molar-refractivity contribution in [1.29, 1.82) is 0 Å². The maximum absolute atomic E-state index is 3.44. The highest BCUT2D eigenvalue weighted by atomic mass is 15.3. The quantitative estimate of drug-likeness (QED) is 0.729. The molecule has 0 aromatic heterocycles. The first kappa shape index (κ1) is 14.3.